The molecule has 1 N–H and O–H groups in total. The Morgan fingerprint density at radius 1 is 1.19 bits per heavy atom. The summed E-state index contributed by atoms with van der Waals surface area (Å²) in [6.07, 6.45) is 5.41. The second-order valence-electron chi connectivity index (χ2n) is 11.2. The highest BCUT2D eigenvalue weighted by molar-refractivity contribution is 5.93. The standard InChI is InChI=1S/C28H40N6O3/c1-17(2)24-25(29-11-10-20-8-9-20)30-15-21(32-24)26(35)34-13-12-33(16-28(34,5)6)22-14-18(3)23(19(4)31-22)27(36)37-7/h14-15,17,20H,8-13,16H2,1-7H3,(H,29,30). The molecule has 1 saturated carbocycles. The van der Waals surface area contributed by atoms with Crippen LogP contribution in [0.4, 0.5) is 11.6 Å². The van der Waals surface area contributed by atoms with E-state index in [-0.39, 0.29) is 17.8 Å². The largest absolute Gasteiger partial charge is 0.465 e. The average molecular weight is 509 g/mol. The molecule has 0 radical (unpaired) electrons. The van der Waals surface area contributed by atoms with Gasteiger partial charge in [-0.05, 0) is 57.6 Å². The average Bonchev–Trinajstić information content (AvgIpc) is 3.67. The molecule has 0 spiro atoms. The second kappa shape index (κ2) is 10.6. The summed E-state index contributed by atoms with van der Waals surface area (Å²) in [5, 5.41) is 3.43. The first-order valence-electron chi connectivity index (χ1n) is 13.3. The van der Waals surface area contributed by atoms with Gasteiger partial charge in [0.2, 0.25) is 0 Å². The quantitative estimate of drug-likeness (QED) is 0.525. The Morgan fingerprint density at radius 2 is 1.92 bits per heavy atom. The molecule has 9 heteroatoms. The molecule has 2 aromatic heterocycles. The number of carbonyl (C=O) groups is 2. The van der Waals surface area contributed by atoms with Gasteiger partial charge in [-0.3, -0.25) is 4.79 Å². The molecule has 2 aromatic rings. The molecule has 0 unspecified atom stereocenters. The van der Waals surface area contributed by atoms with Crippen LogP contribution >= 0.6 is 0 Å². The van der Waals surface area contributed by atoms with Crippen molar-refractivity contribution in [2.75, 3.05) is 43.5 Å². The SMILES string of the molecule is COC(=O)c1c(C)cc(N2CCN(C(=O)c3cnc(NCCC4CC4)c(C(C)C)n3)C(C)(C)C2)nc1C. The van der Waals surface area contributed by atoms with Crippen LogP contribution < -0.4 is 10.2 Å². The van der Waals surface area contributed by atoms with Gasteiger partial charge in [-0.25, -0.2) is 19.7 Å². The summed E-state index contributed by atoms with van der Waals surface area (Å²) < 4.78 is 4.91. The Hall–Kier alpha value is -3.23. The highest BCUT2D eigenvalue weighted by atomic mass is 16.5. The summed E-state index contributed by atoms with van der Waals surface area (Å²) in [5.41, 5.74) is 2.72. The molecular weight excluding hydrogens is 468 g/mol. The highest BCUT2D eigenvalue weighted by Crippen LogP contribution is 2.32. The van der Waals surface area contributed by atoms with Crippen LogP contribution in [0.2, 0.25) is 0 Å². The van der Waals surface area contributed by atoms with Crippen LogP contribution in [0, 0.1) is 19.8 Å². The topological polar surface area (TPSA) is 101 Å². The minimum Gasteiger partial charge on any atom is -0.465 e. The third kappa shape index (κ3) is 5.86. The molecular formula is C28H40N6O3. The number of aryl methyl sites for hydroxylation is 2. The van der Waals surface area contributed by atoms with E-state index in [9.17, 15) is 9.59 Å². The number of piperazine rings is 1. The van der Waals surface area contributed by atoms with Crippen LogP contribution in [0.5, 0.6) is 0 Å². The van der Waals surface area contributed by atoms with Crippen LogP contribution in [0.3, 0.4) is 0 Å². The van der Waals surface area contributed by atoms with E-state index in [1.54, 1.807) is 6.20 Å². The summed E-state index contributed by atoms with van der Waals surface area (Å²) in [6, 6.07) is 1.92. The highest BCUT2D eigenvalue weighted by Gasteiger charge is 2.38. The molecule has 1 saturated heterocycles. The molecule has 1 aliphatic heterocycles. The molecule has 4 rings (SSSR count). The molecule has 0 atom stereocenters. The fraction of sp³-hybridized carbons (Fsp3) is 0.607. The Bertz CT molecular complexity index is 1150. The van der Waals surface area contributed by atoms with E-state index in [1.165, 1.54) is 20.0 Å². The molecule has 3 heterocycles. The van der Waals surface area contributed by atoms with Crippen LogP contribution in [0.15, 0.2) is 12.3 Å². The van der Waals surface area contributed by atoms with Crippen molar-refractivity contribution < 1.29 is 14.3 Å². The monoisotopic (exact) mass is 508 g/mol. The first-order valence-corrected chi connectivity index (χ1v) is 13.3. The number of nitrogens with zero attached hydrogens (tertiary/aromatic N) is 5. The van der Waals surface area contributed by atoms with E-state index in [2.05, 4.69) is 42.9 Å². The number of aromatic nitrogens is 3. The summed E-state index contributed by atoms with van der Waals surface area (Å²) >= 11 is 0. The second-order valence-corrected chi connectivity index (χ2v) is 11.2. The van der Waals surface area contributed by atoms with Crippen LogP contribution in [0.1, 0.15) is 90.7 Å². The zero-order valence-electron chi connectivity index (χ0n) is 23.2. The Labute approximate surface area is 220 Å². The van der Waals surface area contributed by atoms with Gasteiger partial charge in [-0.2, -0.15) is 0 Å². The van der Waals surface area contributed by atoms with Crippen molar-refractivity contribution in [2.24, 2.45) is 5.92 Å². The van der Waals surface area contributed by atoms with Gasteiger partial charge in [0, 0.05) is 26.2 Å². The number of nitrogens with one attached hydrogen (secondary N) is 1. The van der Waals surface area contributed by atoms with E-state index in [1.807, 2.05) is 24.8 Å². The van der Waals surface area contributed by atoms with Gasteiger partial charge in [0.25, 0.3) is 5.91 Å². The van der Waals surface area contributed by atoms with Crippen molar-refractivity contribution in [3.8, 4) is 0 Å². The molecule has 37 heavy (non-hydrogen) atoms. The number of amides is 1. The molecule has 2 aliphatic rings. The third-order valence-electron chi connectivity index (χ3n) is 7.35. The Balaban J connectivity index is 1.49. The number of pyridine rings is 1. The van der Waals surface area contributed by atoms with Gasteiger partial charge >= 0.3 is 5.97 Å². The van der Waals surface area contributed by atoms with Crippen LogP contribution in [0.25, 0.3) is 0 Å². The molecule has 0 aromatic carbocycles. The normalized spacial score (nSPS) is 17.2. The first kappa shape index (κ1) is 26.8. The maximum Gasteiger partial charge on any atom is 0.339 e. The molecule has 1 amide bonds. The summed E-state index contributed by atoms with van der Waals surface area (Å²) in [5.74, 6) is 2.09. The van der Waals surface area contributed by atoms with Crippen molar-refractivity contribution in [3.63, 3.8) is 0 Å². The lowest BCUT2D eigenvalue weighted by Crippen LogP contribution is -2.61. The zero-order valence-corrected chi connectivity index (χ0v) is 23.2. The number of methoxy groups -OCH3 is 1. The number of hydrogen-bond acceptors (Lipinski definition) is 8. The molecule has 2 fully saturated rings. The zero-order chi connectivity index (χ0) is 26.9. The van der Waals surface area contributed by atoms with Crippen molar-refractivity contribution in [2.45, 2.75) is 72.3 Å². The van der Waals surface area contributed by atoms with Crippen LogP contribution in [-0.2, 0) is 4.74 Å². The molecule has 9 nitrogen and oxygen atoms in total. The first-order chi connectivity index (χ1) is 17.5. The molecule has 1 aliphatic carbocycles. The maximum absolute atomic E-state index is 13.6. The number of anilines is 2. The van der Waals surface area contributed by atoms with E-state index < -0.39 is 5.54 Å². The fourth-order valence-corrected chi connectivity index (χ4v) is 5.10. The van der Waals surface area contributed by atoms with Gasteiger partial charge in [0.05, 0.1) is 35.8 Å². The van der Waals surface area contributed by atoms with Crippen LogP contribution in [-0.4, -0.2) is 70.6 Å². The van der Waals surface area contributed by atoms with Crippen molar-refractivity contribution in [3.05, 3.63) is 40.5 Å². The number of rotatable bonds is 8. The Morgan fingerprint density at radius 3 is 2.51 bits per heavy atom. The fourth-order valence-electron chi connectivity index (χ4n) is 5.10. The van der Waals surface area contributed by atoms with E-state index >= 15 is 0 Å². The number of carbonyl (C=O) groups excluding carboxylic acids is 2. The molecule has 200 valence electrons. The van der Waals surface area contributed by atoms with Crippen molar-refractivity contribution >= 4 is 23.5 Å². The lowest BCUT2D eigenvalue weighted by Gasteiger charge is -2.47. The van der Waals surface area contributed by atoms with Gasteiger partial charge in [-0.1, -0.05) is 26.7 Å². The van der Waals surface area contributed by atoms with Gasteiger partial charge < -0.3 is 19.9 Å². The number of hydrogen-bond donors (Lipinski definition) is 1. The number of esters is 1. The predicted molar refractivity (Wildman–Crippen MR) is 144 cm³/mol. The summed E-state index contributed by atoms with van der Waals surface area (Å²) in [7, 11) is 1.38. The summed E-state index contributed by atoms with van der Waals surface area (Å²) in [6.45, 7) is 14.6. The maximum atomic E-state index is 13.6. The van der Waals surface area contributed by atoms with E-state index in [4.69, 9.17) is 14.7 Å². The smallest absolute Gasteiger partial charge is 0.339 e. The Kier molecular flexibility index (Phi) is 7.71. The lowest BCUT2D eigenvalue weighted by molar-refractivity contribution is 0.0505. The van der Waals surface area contributed by atoms with Gasteiger partial charge in [-0.15, -0.1) is 0 Å². The van der Waals surface area contributed by atoms with E-state index in [0.29, 0.717) is 36.6 Å². The van der Waals surface area contributed by atoms with Gasteiger partial charge in [0.1, 0.15) is 17.3 Å². The van der Waals surface area contributed by atoms with E-state index in [0.717, 1.165) is 41.8 Å². The van der Waals surface area contributed by atoms with Gasteiger partial charge in [0.15, 0.2) is 0 Å². The van der Waals surface area contributed by atoms with Crippen molar-refractivity contribution in [1.29, 1.82) is 0 Å². The number of ether oxygens (including phenoxy) is 1. The minimum absolute atomic E-state index is 0.107. The lowest BCUT2D eigenvalue weighted by atomic mass is 9.97. The third-order valence-corrected chi connectivity index (χ3v) is 7.35. The molecule has 0 bridgehead atoms. The minimum atomic E-state index is -0.458. The van der Waals surface area contributed by atoms with Crippen molar-refractivity contribution in [1.82, 2.24) is 19.9 Å². The predicted octanol–water partition coefficient (Wildman–Crippen LogP) is 4.35. The summed E-state index contributed by atoms with van der Waals surface area (Å²) in [4.78, 5) is 43.9.